The molecule has 23 N–H and O–H groups in total. The Hall–Kier alpha value is -10.7. The molecule has 4 rings (SSSR count). The first-order chi connectivity index (χ1) is 41.4. The average molecular weight is 1210 g/mol. The number of unbranched alkanes of at least 4 members (excludes halogenated alkanes) is 1. The van der Waals surface area contributed by atoms with Crippen LogP contribution in [-0.4, -0.2) is 142 Å². The van der Waals surface area contributed by atoms with Gasteiger partial charge in [-0.2, -0.15) is 0 Å². The van der Waals surface area contributed by atoms with Crippen LogP contribution in [0.4, 0.5) is 22.7 Å². The van der Waals surface area contributed by atoms with Crippen LogP contribution < -0.4 is 96.3 Å². The largest absolute Gasteiger partial charge is 0.496 e. The van der Waals surface area contributed by atoms with Crippen LogP contribution in [0.1, 0.15) is 106 Å². The monoisotopic (exact) mass is 1210 g/mol. The third-order valence-corrected chi connectivity index (χ3v) is 12.8. The van der Waals surface area contributed by atoms with Crippen molar-refractivity contribution in [1.29, 1.82) is 5.41 Å². The Morgan fingerprint density at radius 3 is 1.14 bits per heavy atom. The van der Waals surface area contributed by atoms with Crippen LogP contribution in [0.3, 0.4) is 0 Å². The summed E-state index contributed by atoms with van der Waals surface area (Å²) in [6, 6.07) is 11.3. The number of hydrogen-bond donors (Lipinski definition) is 16. The molecule has 0 aliphatic heterocycles. The van der Waals surface area contributed by atoms with Crippen molar-refractivity contribution >= 4 is 93.7 Å². The summed E-state index contributed by atoms with van der Waals surface area (Å²) in [7, 11) is 5.19. The Balaban J connectivity index is 1.58. The van der Waals surface area contributed by atoms with Crippen molar-refractivity contribution in [3.8, 4) is 23.0 Å². The number of primary amides is 1. The first kappa shape index (κ1) is 68.8. The first-order valence-corrected chi connectivity index (χ1v) is 27.0. The van der Waals surface area contributed by atoms with E-state index >= 15 is 0 Å². The molecule has 0 aliphatic carbocycles. The summed E-state index contributed by atoms with van der Waals surface area (Å²) in [5.41, 5.74) is 38.8. The molecule has 8 amide bonds. The second kappa shape index (κ2) is 34.2. The normalized spacial score (nSPS) is 12.0. The smallest absolute Gasteiger partial charge is 0.303 e. The van der Waals surface area contributed by atoms with E-state index < -0.39 is 90.2 Å². The van der Waals surface area contributed by atoms with Crippen molar-refractivity contribution in [2.24, 2.45) is 50.1 Å². The highest BCUT2D eigenvalue weighted by molar-refractivity contribution is 6.08. The number of guanidine groups is 2. The number of hydrogen-bond acceptors (Lipinski definition) is 17. The van der Waals surface area contributed by atoms with Gasteiger partial charge in [-0.3, -0.25) is 58.5 Å². The number of amides is 8. The predicted molar refractivity (Wildman–Crippen MR) is 324 cm³/mol. The fourth-order valence-corrected chi connectivity index (χ4v) is 8.39. The van der Waals surface area contributed by atoms with Crippen molar-refractivity contribution in [2.45, 2.75) is 88.4 Å². The molecule has 4 aromatic carbocycles. The fourth-order valence-electron chi connectivity index (χ4n) is 8.39. The van der Waals surface area contributed by atoms with Gasteiger partial charge >= 0.3 is 5.97 Å². The minimum absolute atomic E-state index is 0.0101. The van der Waals surface area contributed by atoms with E-state index in [1.165, 1.54) is 101 Å². The number of nitrogens with two attached hydrogens (primary N) is 7. The molecule has 0 aromatic heterocycles. The van der Waals surface area contributed by atoms with Crippen LogP contribution in [0, 0.1) is 5.41 Å². The van der Waals surface area contributed by atoms with Gasteiger partial charge in [0.2, 0.25) is 23.6 Å². The highest BCUT2D eigenvalue weighted by Gasteiger charge is 2.29. The molecule has 0 heterocycles. The van der Waals surface area contributed by atoms with Crippen LogP contribution in [0.2, 0.25) is 0 Å². The molecule has 0 saturated carbocycles. The number of carboxylic acids is 1. The lowest BCUT2D eigenvalue weighted by Crippen LogP contribution is -2.44. The molecule has 468 valence electrons. The quantitative estimate of drug-likeness (QED) is 0.0172. The molecule has 4 atom stereocenters. The number of carbonyl (C=O) groups excluding carboxylic acids is 8. The molecule has 0 fully saturated rings. The molecule has 0 spiro atoms. The number of rotatable bonds is 35. The summed E-state index contributed by atoms with van der Waals surface area (Å²) in [5, 5.41) is 35.7. The Labute approximate surface area is 500 Å². The van der Waals surface area contributed by atoms with E-state index in [9.17, 15) is 48.3 Å². The SMILES string of the molecule is COc1ccc(NC(=O)[C@H](CCCCC(=N)N)NC(=O)c2cc(NC(=O)[C@H](CCCN=C(N)N)NC(=O)c3cc(NC(=O)[C@H](CCC(=O)O)NC(=O)c4cc(NC(=O)[C@@H](N)CCCN=C(N)N)ccc4OC)ccc3OC)ccc2OC)cc1C(N)=O. The summed E-state index contributed by atoms with van der Waals surface area (Å²) >= 11 is 0. The van der Waals surface area contributed by atoms with Gasteiger partial charge in [0.15, 0.2) is 11.9 Å². The number of carbonyl (C=O) groups is 9. The number of nitrogens with zero attached hydrogens (tertiary/aromatic N) is 2. The molecular formula is C56H75N17O14. The first-order valence-electron chi connectivity index (χ1n) is 27.0. The Kier molecular flexibility index (Phi) is 27.0. The molecule has 0 radical (unpaired) electrons. The summed E-state index contributed by atoms with van der Waals surface area (Å²) < 4.78 is 21.5. The highest BCUT2D eigenvalue weighted by atomic mass is 16.5. The standard InChI is InChI=1S/C56H75N17O14/c1-84-41-18-13-29(25-33(41)47(60)76)68-52(81)38(10-5-6-12-45(58)59)71-48(77)35-27-31(15-20-43(35)86-3)69-53(82)39(11-8-24-66-56(63)64)72-49(78)36-28-32(16-21-44(36)87-4)70-54(83)40(17-22-46(74)75)73-50(79)34-26-30(14-19-42(34)85-2)67-51(80)37(57)9-7-23-65-55(61)62/h13-16,18-21,25-28,37-40H,5-12,17,22-24,57H2,1-4H3,(H3,58,59)(H2,60,76)(H,67,80)(H,68,81)(H,69,82)(H,70,83)(H,71,77)(H,72,78)(H,73,79)(H,74,75)(H4,61,62,65)(H4,63,64,66)/t37-,38-,39-,40-/m0/s1. The fraction of sp³-hybridized carbons (Fsp3) is 0.357. The summed E-state index contributed by atoms with van der Waals surface area (Å²) in [6.45, 7) is 0.287. The summed E-state index contributed by atoms with van der Waals surface area (Å²) in [4.78, 5) is 129. The lowest BCUT2D eigenvalue weighted by molar-refractivity contribution is -0.137. The molecule has 31 heteroatoms. The third-order valence-electron chi connectivity index (χ3n) is 12.8. The molecule has 31 nitrogen and oxygen atoms in total. The van der Waals surface area contributed by atoms with Gasteiger partial charge in [-0.15, -0.1) is 0 Å². The van der Waals surface area contributed by atoms with E-state index in [1.807, 2.05) is 0 Å². The number of ether oxygens (including phenoxy) is 4. The van der Waals surface area contributed by atoms with Gasteiger partial charge < -0.3 is 101 Å². The van der Waals surface area contributed by atoms with E-state index in [4.69, 9.17) is 64.5 Å². The zero-order chi connectivity index (χ0) is 64.3. The average Bonchev–Trinajstić information content (AvgIpc) is 2.63. The van der Waals surface area contributed by atoms with E-state index in [0.717, 1.165) is 0 Å². The van der Waals surface area contributed by atoms with Gasteiger partial charge in [-0.25, -0.2) is 0 Å². The van der Waals surface area contributed by atoms with Gasteiger partial charge in [0.25, 0.3) is 23.6 Å². The maximum atomic E-state index is 14.3. The summed E-state index contributed by atoms with van der Waals surface area (Å²) in [5.74, 6) is -7.79. The number of amidine groups is 1. The van der Waals surface area contributed by atoms with Crippen molar-refractivity contribution in [1.82, 2.24) is 16.0 Å². The molecule has 0 aliphatic rings. The van der Waals surface area contributed by atoms with Crippen LogP contribution in [-0.2, 0) is 24.0 Å². The van der Waals surface area contributed by atoms with Gasteiger partial charge in [0.05, 0.1) is 62.6 Å². The van der Waals surface area contributed by atoms with Crippen LogP contribution >= 0.6 is 0 Å². The Morgan fingerprint density at radius 2 is 0.793 bits per heavy atom. The van der Waals surface area contributed by atoms with Crippen molar-refractivity contribution in [3.05, 3.63) is 95.1 Å². The van der Waals surface area contributed by atoms with Gasteiger partial charge in [-0.1, -0.05) is 6.42 Å². The lowest BCUT2D eigenvalue weighted by atomic mass is 10.0. The zero-order valence-corrected chi connectivity index (χ0v) is 48.4. The third kappa shape index (κ3) is 22.1. The maximum absolute atomic E-state index is 14.3. The molecule has 87 heavy (non-hydrogen) atoms. The van der Waals surface area contributed by atoms with Crippen molar-refractivity contribution < 1.29 is 67.2 Å². The van der Waals surface area contributed by atoms with Gasteiger partial charge in [0, 0.05) is 48.7 Å². The van der Waals surface area contributed by atoms with Crippen LogP contribution in [0.5, 0.6) is 23.0 Å². The molecular weight excluding hydrogens is 1130 g/mol. The molecule has 0 unspecified atom stereocenters. The number of benzene rings is 4. The number of aliphatic carboxylic acids is 1. The number of aliphatic imine (C=N–C) groups is 2. The summed E-state index contributed by atoms with van der Waals surface area (Å²) in [6.07, 6.45) is 0.801. The van der Waals surface area contributed by atoms with Crippen molar-refractivity contribution in [3.63, 3.8) is 0 Å². The number of methoxy groups -OCH3 is 4. The minimum Gasteiger partial charge on any atom is -0.496 e. The number of anilines is 4. The topological polar surface area (TPSA) is 526 Å². The minimum atomic E-state index is -1.51. The van der Waals surface area contributed by atoms with E-state index in [-0.39, 0.29) is 131 Å². The van der Waals surface area contributed by atoms with Crippen molar-refractivity contribution in [2.75, 3.05) is 62.8 Å². The zero-order valence-electron chi connectivity index (χ0n) is 48.4. The molecule has 0 saturated heterocycles. The second-order valence-electron chi connectivity index (χ2n) is 19.3. The molecule has 4 aromatic rings. The van der Waals surface area contributed by atoms with Gasteiger partial charge in [-0.05, 0) is 118 Å². The Bertz CT molecular complexity index is 3220. The molecule has 0 bridgehead atoms. The van der Waals surface area contributed by atoms with Crippen LogP contribution in [0.25, 0.3) is 0 Å². The Morgan fingerprint density at radius 1 is 0.460 bits per heavy atom. The van der Waals surface area contributed by atoms with E-state index in [1.54, 1.807) is 0 Å². The van der Waals surface area contributed by atoms with E-state index in [0.29, 0.717) is 19.3 Å². The maximum Gasteiger partial charge on any atom is 0.303 e. The van der Waals surface area contributed by atoms with E-state index in [2.05, 4.69) is 47.2 Å². The highest BCUT2D eigenvalue weighted by Crippen LogP contribution is 2.28. The number of nitrogens with one attached hydrogen (secondary N) is 8. The predicted octanol–water partition coefficient (Wildman–Crippen LogP) is 0.765. The lowest BCUT2D eigenvalue weighted by Gasteiger charge is -2.21. The van der Waals surface area contributed by atoms with Crippen LogP contribution in [0.15, 0.2) is 82.8 Å². The number of carboxylic acid groups (broad SMARTS) is 1. The van der Waals surface area contributed by atoms with Gasteiger partial charge in [0.1, 0.15) is 41.1 Å². The second-order valence-corrected chi connectivity index (χ2v) is 19.3.